The predicted octanol–water partition coefficient (Wildman–Crippen LogP) is 3.67. The molecule has 0 heterocycles. The van der Waals surface area contributed by atoms with Crippen LogP contribution in [0.3, 0.4) is 0 Å². The van der Waals surface area contributed by atoms with Crippen molar-refractivity contribution < 1.29 is 18.0 Å². The monoisotopic (exact) mass is 308 g/mol. The molecule has 0 aromatic heterocycles. The van der Waals surface area contributed by atoms with Gasteiger partial charge in [0, 0.05) is 0 Å². The summed E-state index contributed by atoms with van der Waals surface area (Å²) in [5, 5.41) is 2.36. The Kier molecular flexibility index (Phi) is 5.42. The lowest BCUT2D eigenvalue weighted by atomic mass is 10.0. The summed E-state index contributed by atoms with van der Waals surface area (Å²) in [6.45, 7) is 3.79. The summed E-state index contributed by atoms with van der Waals surface area (Å²) >= 11 is 5.78. The molecule has 0 saturated heterocycles. The summed E-state index contributed by atoms with van der Waals surface area (Å²) in [5.74, 6) is -0.354. The van der Waals surface area contributed by atoms with Crippen molar-refractivity contribution in [1.82, 2.24) is 0 Å². The third-order valence-electron chi connectivity index (χ3n) is 2.61. The highest BCUT2D eigenvalue weighted by Gasteiger charge is 2.31. The van der Waals surface area contributed by atoms with Gasteiger partial charge in [0.15, 0.2) is 0 Å². The number of rotatable bonds is 4. The van der Waals surface area contributed by atoms with E-state index < -0.39 is 23.7 Å². The maximum Gasteiger partial charge on any atom is 0.416 e. The van der Waals surface area contributed by atoms with E-state index in [9.17, 15) is 18.0 Å². The fourth-order valence-electron chi connectivity index (χ4n) is 1.64. The molecule has 1 aromatic rings. The van der Waals surface area contributed by atoms with Crippen LogP contribution in [0.25, 0.3) is 0 Å². The van der Waals surface area contributed by atoms with Gasteiger partial charge in [-0.2, -0.15) is 13.2 Å². The molecule has 20 heavy (non-hydrogen) atoms. The first-order chi connectivity index (χ1) is 9.11. The van der Waals surface area contributed by atoms with E-state index in [0.29, 0.717) is 6.42 Å². The van der Waals surface area contributed by atoms with Crippen molar-refractivity contribution >= 4 is 23.2 Å². The number of benzene rings is 1. The van der Waals surface area contributed by atoms with Gasteiger partial charge in [0.25, 0.3) is 0 Å². The molecule has 0 radical (unpaired) electrons. The topological polar surface area (TPSA) is 55.1 Å². The van der Waals surface area contributed by atoms with Crippen LogP contribution in [0.2, 0.25) is 5.02 Å². The molecule has 0 fully saturated rings. The van der Waals surface area contributed by atoms with Crippen LogP contribution in [0.1, 0.15) is 25.8 Å². The number of nitrogens with one attached hydrogen (secondary N) is 1. The second kappa shape index (κ2) is 6.45. The Morgan fingerprint density at radius 2 is 2.00 bits per heavy atom. The first-order valence-electron chi connectivity index (χ1n) is 6.04. The van der Waals surface area contributed by atoms with Crippen molar-refractivity contribution in [3.63, 3.8) is 0 Å². The zero-order valence-corrected chi connectivity index (χ0v) is 11.8. The molecule has 3 N–H and O–H groups in total. The van der Waals surface area contributed by atoms with Crippen LogP contribution < -0.4 is 11.1 Å². The summed E-state index contributed by atoms with van der Waals surface area (Å²) < 4.78 is 37.8. The zero-order chi connectivity index (χ0) is 15.5. The van der Waals surface area contributed by atoms with Gasteiger partial charge in [0.1, 0.15) is 0 Å². The average molecular weight is 309 g/mol. The average Bonchev–Trinajstić information content (AvgIpc) is 2.29. The number of alkyl halides is 3. The predicted molar refractivity (Wildman–Crippen MR) is 72.5 cm³/mol. The van der Waals surface area contributed by atoms with Gasteiger partial charge in [0.2, 0.25) is 5.91 Å². The van der Waals surface area contributed by atoms with E-state index in [1.165, 1.54) is 0 Å². The lowest BCUT2D eigenvalue weighted by Crippen LogP contribution is -2.36. The number of hydrogen-bond acceptors (Lipinski definition) is 2. The number of amides is 1. The third-order valence-corrected chi connectivity index (χ3v) is 2.94. The largest absolute Gasteiger partial charge is 0.416 e. The summed E-state index contributed by atoms with van der Waals surface area (Å²) in [6, 6.07) is 1.95. The van der Waals surface area contributed by atoms with E-state index in [2.05, 4.69) is 5.32 Å². The quantitative estimate of drug-likeness (QED) is 0.891. The van der Waals surface area contributed by atoms with Gasteiger partial charge in [-0.15, -0.1) is 0 Å². The Balaban J connectivity index is 2.89. The third kappa shape index (κ3) is 4.68. The lowest BCUT2D eigenvalue weighted by Gasteiger charge is -2.16. The van der Waals surface area contributed by atoms with Crippen LogP contribution >= 0.6 is 11.6 Å². The smallest absolute Gasteiger partial charge is 0.323 e. The van der Waals surface area contributed by atoms with Crippen LogP contribution in [0, 0.1) is 5.92 Å². The molecule has 7 heteroatoms. The molecule has 112 valence electrons. The Hall–Kier alpha value is -1.27. The van der Waals surface area contributed by atoms with Crippen molar-refractivity contribution in [3.8, 4) is 0 Å². The maximum absolute atomic E-state index is 12.6. The highest BCUT2D eigenvalue weighted by Crippen LogP contribution is 2.33. The molecular weight excluding hydrogens is 293 g/mol. The SMILES string of the molecule is CC(C)C[C@@H](N)C(=O)Nc1cc(C(F)(F)F)ccc1Cl. The lowest BCUT2D eigenvalue weighted by molar-refractivity contribution is -0.137. The van der Waals surface area contributed by atoms with Crippen molar-refractivity contribution in [2.75, 3.05) is 5.32 Å². The second-order valence-electron chi connectivity index (χ2n) is 4.92. The van der Waals surface area contributed by atoms with Gasteiger partial charge in [-0.05, 0) is 30.5 Å². The first kappa shape index (κ1) is 16.8. The molecule has 0 aliphatic carbocycles. The fraction of sp³-hybridized carbons (Fsp3) is 0.462. The van der Waals surface area contributed by atoms with Gasteiger partial charge >= 0.3 is 6.18 Å². The van der Waals surface area contributed by atoms with Crippen LogP contribution in [-0.4, -0.2) is 11.9 Å². The van der Waals surface area contributed by atoms with Crippen molar-refractivity contribution in [1.29, 1.82) is 0 Å². The summed E-state index contributed by atoms with van der Waals surface area (Å²) in [4.78, 5) is 11.8. The molecule has 3 nitrogen and oxygen atoms in total. The minimum atomic E-state index is -4.50. The highest BCUT2D eigenvalue weighted by molar-refractivity contribution is 6.33. The number of hydrogen-bond donors (Lipinski definition) is 2. The number of carbonyl (C=O) groups is 1. The van der Waals surface area contributed by atoms with Crippen molar-refractivity contribution in [2.24, 2.45) is 11.7 Å². The van der Waals surface area contributed by atoms with Crippen LogP contribution in [0.5, 0.6) is 0 Å². The van der Waals surface area contributed by atoms with E-state index in [4.69, 9.17) is 17.3 Å². The normalized spacial score (nSPS) is 13.4. The molecule has 1 rings (SSSR count). The molecule has 0 unspecified atom stereocenters. The van der Waals surface area contributed by atoms with E-state index >= 15 is 0 Å². The van der Waals surface area contributed by atoms with Crippen molar-refractivity contribution in [2.45, 2.75) is 32.5 Å². The number of halogens is 4. The van der Waals surface area contributed by atoms with Crippen molar-refractivity contribution in [3.05, 3.63) is 28.8 Å². The molecular formula is C13H16ClF3N2O. The Bertz CT molecular complexity index is 489. The van der Waals surface area contributed by atoms with Crippen LogP contribution in [0.4, 0.5) is 18.9 Å². The minimum Gasteiger partial charge on any atom is -0.323 e. The Morgan fingerprint density at radius 3 is 2.50 bits per heavy atom. The van der Waals surface area contributed by atoms with Gasteiger partial charge in [-0.1, -0.05) is 25.4 Å². The second-order valence-corrected chi connectivity index (χ2v) is 5.32. The van der Waals surface area contributed by atoms with E-state index in [1.54, 1.807) is 0 Å². The molecule has 0 spiro atoms. The summed E-state index contributed by atoms with van der Waals surface area (Å²) in [6.07, 6.45) is -4.06. The molecule has 1 amide bonds. The standard InChI is InChI=1S/C13H16ClF3N2O/c1-7(2)5-10(18)12(20)19-11-6-8(13(15,16)17)3-4-9(11)14/h3-4,6-7,10H,5,18H2,1-2H3,(H,19,20)/t10-/m1/s1. The Labute approximate surface area is 120 Å². The first-order valence-corrected chi connectivity index (χ1v) is 6.42. The highest BCUT2D eigenvalue weighted by atomic mass is 35.5. The zero-order valence-electron chi connectivity index (χ0n) is 11.1. The fourth-order valence-corrected chi connectivity index (χ4v) is 1.80. The van der Waals surface area contributed by atoms with Gasteiger partial charge in [-0.25, -0.2) is 0 Å². The van der Waals surface area contributed by atoms with E-state index in [-0.39, 0.29) is 16.6 Å². The number of nitrogens with two attached hydrogens (primary N) is 1. The number of carbonyl (C=O) groups excluding carboxylic acids is 1. The molecule has 0 aliphatic heterocycles. The maximum atomic E-state index is 12.6. The molecule has 0 aliphatic rings. The summed E-state index contributed by atoms with van der Waals surface area (Å²) in [7, 11) is 0. The van der Waals surface area contributed by atoms with Gasteiger partial charge in [-0.3, -0.25) is 4.79 Å². The number of anilines is 1. The Morgan fingerprint density at radius 1 is 1.40 bits per heavy atom. The van der Waals surface area contributed by atoms with Gasteiger partial charge < -0.3 is 11.1 Å². The molecule has 0 saturated carbocycles. The molecule has 0 bridgehead atoms. The van der Waals surface area contributed by atoms with Gasteiger partial charge in [0.05, 0.1) is 22.3 Å². The van der Waals surface area contributed by atoms with Crippen LogP contribution in [0.15, 0.2) is 18.2 Å². The summed E-state index contributed by atoms with van der Waals surface area (Å²) in [5.41, 5.74) is 4.69. The molecule has 1 atom stereocenters. The molecule has 1 aromatic carbocycles. The minimum absolute atomic E-state index is 0.0306. The van der Waals surface area contributed by atoms with E-state index in [0.717, 1.165) is 18.2 Å². The van der Waals surface area contributed by atoms with Crippen LogP contribution in [-0.2, 0) is 11.0 Å². The van der Waals surface area contributed by atoms with E-state index in [1.807, 2.05) is 13.8 Å².